The van der Waals surface area contributed by atoms with Crippen molar-refractivity contribution in [3.63, 3.8) is 0 Å². The number of allylic oxidation sites excluding steroid dienone is 2. The van der Waals surface area contributed by atoms with E-state index in [-0.39, 0.29) is 11.6 Å². The number of Topliss-reactive ketones (excluding diaryl/α,β-unsaturated/α-hetero) is 1. The molecule has 0 bridgehead atoms. The minimum absolute atomic E-state index is 0.0924. The van der Waals surface area contributed by atoms with E-state index in [0.29, 0.717) is 16.0 Å². The molecule has 0 heterocycles. The second kappa shape index (κ2) is 5.38. The SMILES string of the molecule is O=C1C=C(Sc2cccc(Br)c2)C(=O)c2ccccc21. The lowest BCUT2D eigenvalue weighted by molar-refractivity contribution is 0.0991. The number of ketones is 2. The summed E-state index contributed by atoms with van der Waals surface area (Å²) in [6.07, 6.45) is 1.43. The molecule has 0 fully saturated rings. The third-order valence-corrected chi connectivity index (χ3v) is 4.45. The number of benzene rings is 2. The summed E-state index contributed by atoms with van der Waals surface area (Å²) in [7, 11) is 0. The molecule has 1 aliphatic rings. The second-order valence-corrected chi connectivity index (χ2v) is 6.34. The molecule has 20 heavy (non-hydrogen) atoms. The summed E-state index contributed by atoms with van der Waals surface area (Å²) in [5, 5.41) is 0. The van der Waals surface area contributed by atoms with E-state index in [1.54, 1.807) is 24.3 Å². The molecule has 0 radical (unpaired) electrons. The van der Waals surface area contributed by atoms with Gasteiger partial charge in [0.25, 0.3) is 0 Å². The van der Waals surface area contributed by atoms with Gasteiger partial charge in [-0.2, -0.15) is 0 Å². The number of rotatable bonds is 2. The Morgan fingerprint density at radius 3 is 2.40 bits per heavy atom. The van der Waals surface area contributed by atoms with Gasteiger partial charge in [-0.15, -0.1) is 0 Å². The highest BCUT2D eigenvalue weighted by Crippen LogP contribution is 2.34. The molecule has 2 aromatic carbocycles. The van der Waals surface area contributed by atoms with Gasteiger partial charge in [-0.05, 0) is 18.2 Å². The molecular formula is C16H9BrO2S. The van der Waals surface area contributed by atoms with Crippen LogP contribution in [-0.2, 0) is 0 Å². The molecule has 2 aromatic rings. The quantitative estimate of drug-likeness (QED) is 0.803. The van der Waals surface area contributed by atoms with Gasteiger partial charge in [0.05, 0.1) is 4.91 Å². The van der Waals surface area contributed by atoms with Crippen molar-refractivity contribution in [1.29, 1.82) is 0 Å². The molecule has 4 heteroatoms. The Morgan fingerprint density at radius 1 is 0.900 bits per heavy atom. The summed E-state index contributed by atoms with van der Waals surface area (Å²) >= 11 is 4.71. The molecule has 1 aliphatic carbocycles. The number of carbonyl (C=O) groups is 2. The largest absolute Gasteiger partial charge is 0.289 e. The summed E-state index contributed by atoms with van der Waals surface area (Å²) < 4.78 is 0.943. The molecule has 0 N–H and O–H groups in total. The van der Waals surface area contributed by atoms with Crippen LogP contribution < -0.4 is 0 Å². The van der Waals surface area contributed by atoms with Crippen molar-refractivity contribution in [2.24, 2.45) is 0 Å². The summed E-state index contributed by atoms with van der Waals surface area (Å²) in [6, 6.07) is 14.6. The molecular weight excluding hydrogens is 336 g/mol. The van der Waals surface area contributed by atoms with Crippen LogP contribution >= 0.6 is 27.7 Å². The van der Waals surface area contributed by atoms with Crippen molar-refractivity contribution < 1.29 is 9.59 Å². The normalized spacial score (nSPS) is 13.9. The molecule has 0 atom stereocenters. The van der Waals surface area contributed by atoms with Crippen LogP contribution in [0.4, 0.5) is 0 Å². The number of halogens is 1. The Kier molecular flexibility index (Phi) is 3.59. The van der Waals surface area contributed by atoms with Crippen LogP contribution in [0.5, 0.6) is 0 Å². The van der Waals surface area contributed by atoms with Gasteiger partial charge in [0, 0.05) is 26.6 Å². The van der Waals surface area contributed by atoms with Crippen molar-refractivity contribution >= 4 is 39.3 Å². The molecule has 0 unspecified atom stereocenters. The smallest absolute Gasteiger partial charge is 0.200 e. The molecule has 0 aromatic heterocycles. The van der Waals surface area contributed by atoms with Gasteiger partial charge < -0.3 is 0 Å². The van der Waals surface area contributed by atoms with Crippen molar-refractivity contribution in [2.45, 2.75) is 4.90 Å². The average Bonchev–Trinajstić information content (AvgIpc) is 2.45. The van der Waals surface area contributed by atoms with Crippen LogP contribution in [0.1, 0.15) is 20.7 Å². The molecule has 0 aliphatic heterocycles. The number of thioether (sulfide) groups is 1. The first-order valence-corrected chi connectivity index (χ1v) is 7.59. The monoisotopic (exact) mass is 344 g/mol. The maximum absolute atomic E-state index is 12.4. The van der Waals surface area contributed by atoms with Crippen molar-refractivity contribution in [1.82, 2.24) is 0 Å². The summed E-state index contributed by atoms with van der Waals surface area (Å²) in [5.41, 5.74) is 0.966. The first-order chi connectivity index (χ1) is 9.65. The number of fused-ring (bicyclic) bond motifs is 1. The van der Waals surface area contributed by atoms with E-state index in [4.69, 9.17) is 0 Å². The Bertz CT molecular complexity index is 750. The van der Waals surface area contributed by atoms with Gasteiger partial charge in [0.15, 0.2) is 5.78 Å². The van der Waals surface area contributed by atoms with Crippen molar-refractivity contribution in [3.8, 4) is 0 Å². The zero-order chi connectivity index (χ0) is 14.1. The second-order valence-electron chi connectivity index (χ2n) is 4.31. The lowest BCUT2D eigenvalue weighted by Gasteiger charge is -2.14. The van der Waals surface area contributed by atoms with Crippen LogP contribution in [0.3, 0.4) is 0 Å². The third-order valence-electron chi connectivity index (χ3n) is 2.95. The molecule has 0 amide bonds. The molecule has 0 saturated carbocycles. The summed E-state index contributed by atoms with van der Waals surface area (Å²) in [4.78, 5) is 25.8. The predicted molar refractivity (Wildman–Crippen MR) is 83.2 cm³/mol. The summed E-state index contributed by atoms with van der Waals surface area (Å²) in [5.74, 6) is -0.206. The van der Waals surface area contributed by atoms with E-state index in [1.165, 1.54) is 17.8 Å². The van der Waals surface area contributed by atoms with Crippen LogP contribution in [-0.4, -0.2) is 11.6 Å². The fourth-order valence-corrected chi connectivity index (χ4v) is 3.53. The Morgan fingerprint density at radius 2 is 1.65 bits per heavy atom. The predicted octanol–water partition coefficient (Wildman–Crippen LogP) is 4.50. The minimum Gasteiger partial charge on any atom is -0.289 e. The first-order valence-electron chi connectivity index (χ1n) is 5.98. The zero-order valence-corrected chi connectivity index (χ0v) is 12.7. The van der Waals surface area contributed by atoms with Gasteiger partial charge in [-0.3, -0.25) is 9.59 Å². The van der Waals surface area contributed by atoms with E-state index in [2.05, 4.69) is 15.9 Å². The van der Waals surface area contributed by atoms with Gasteiger partial charge in [0.1, 0.15) is 0 Å². The summed E-state index contributed by atoms with van der Waals surface area (Å²) in [6.45, 7) is 0. The lowest BCUT2D eigenvalue weighted by atomic mass is 9.95. The molecule has 2 nitrogen and oxygen atoms in total. The van der Waals surface area contributed by atoms with E-state index in [1.807, 2.05) is 24.3 Å². The van der Waals surface area contributed by atoms with Gasteiger partial charge in [-0.1, -0.05) is 58.0 Å². The van der Waals surface area contributed by atoms with Gasteiger partial charge in [-0.25, -0.2) is 0 Å². The van der Waals surface area contributed by atoms with Crippen LogP contribution in [0, 0.1) is 0 Å². The molecule has 98 valence electrons. The Balaban J connectivity index is 1.96. The maximum atomic E-state index is 12.4. The minimum atomic E-state index is -0.113. The highest BCUT2D eigenvalue weighted by molar-refractivity contribution is 9.10. The number of hydrogen-bond donors (Lipinski definition) is 0. The van der Waals surface area contributed by atoms with Gasteiger partial charge >= 0.3 is 0 Å². The van der Waals surface area contributed by atoms with E-state index in [0.717, 1.165) is 9.37 Å². The fourth-order valence-electron chi connectivity index (χ4n) is 2.02. The molecule has 3 rings (SSSR count). The number of carbonyl (C=O) groups excluding carboxylic acids is 2. The fraction of sp³-hybridized carbons (Fsp3) is 0. The maximum Gasteiger partial charge on any atom is 0.200 e. The first kappa shape index (κ1) is 13.3. The molecule has 0 saturated heterocycles. The standard InChI is InChI=1S/C16H9BrO2S/c17-10-4-3-5-11(8-10)20-15-9-14(18)12-6-1-2-7-13(12)16(15)19/h1-9H. The third kappa shape index (κ3) is 2.49. The zero-order valence-electron chi connectivity index (χ0n) is 10.3. The topological polar surface area (TPSA) is 34.1 Å². The van der Waals surface area contributed by atoms with E-state index >= 15 is 0 Å². The van der Waals surface area contributed by atoms with E-state index in [9.17, 15) is 9.59 Å². The van der Waals surface area contributed by atoms with E-state index < -0.39 is 0 Å². The number of hydrogen-bond acceptors (Lipinski definition) is 3. The van der Waals surface area contributed by atoms with Crippen LogP contribution in [0.2, 0.25) is 0 Å². The Labute approximate surface area is 129 Å². The highest BCUT2D eigenvalue weighted by atomic mass is 79.9. The van der Waals surface area contributed by atoms with Crippen molar-refractivity contribution in [3.05, 3.63) is 75.1 Å². The average molecular weight is 345 g/mol. The van der Waals surface area contributed by atoms with Crippen LogP contribution in [0.15, 0.2) is 68.9 Å². The van der Waals surface area contributed by atoms with Crippen LogP contribution in [0.25, 0.3) is 0 Å². The lowest BCUT2D eigenvalue weighted by Crippen LogP contribution is -2.15. The molecule has 0 spiro atoms. The highest BCUT2D eigenvalue weighted by Gasteiger charge is 2.25. The van der Waals surface area contributed by atoms with Crippen molar-refractivity contribution in [2.75, 3.05) is 0 Å². The van der Waals surface area contributed by atoms with Gasteiger partial charge in [0.2, 0.25) is 5.78 Å². The Hall–Kier alpha value is -1.65.